The Hall–Kier alpha value is -2.12. The van der Waals surface area contributed by atoms with Crippen LogP contribution in [0.15, 0.2) is 29.6 Å². The summed E-state index contributed by atoms with van der Waals surface area (Å²) in [6.45, 7) is 8.77. The minimum atomic E-state index is -0.590. The van der Waals surface area contributed by atoms with Crippen molar-refractivity contribution in [2.75, 3.05) is 31.1 Å². The molecule has 0 aliphatic carbocycles. The second-order valence-electron chi connectivity index (χ2n) is 7.61. The number of rotatable bonds is 5. The Kier molecular flexibility index (Phi) is 7.14. The van der Waals surface area contributed by atoms with Gasteiger partial charge in [0.1, 0.15) is 6.04 Å². The third-order valence-corrected chi connectivity index (χ3v) is 6.37. The molecule has 0 spiro atoms. The Morgan fingerprint density at radius 3 is 2.59 bits per heavy atom. The molecular formula is C21H27ClN4O2S. The highest BCUT2D eigenvalue weighted by Gasteiger charge is 2.30. The highest BCUT2D eigenvalue weighted by molar-refractivity contribution is 7.13. The van der Waals surface area contributed by atoms with Crippen molar-refractivity contribution in [3.63, 3.8) is 0 Å². The summed E-state index contributed by atoms with van der Waals surface area (Å²) in [6.07, 6.45) is 0.869. The van der Waals surface area contributed by atoms with Gasteiger partial charge in [-0.1, -0.05) is 37.6 Å². The van der Waals surface area contributed by atoms with Crippen LogP contribution in [0.5, 0.6) is 0 Å². The molecule has 0 bridgehead atoms. The molecule has 1 N–H and O–H groups in total. The number of nitrogens with zero attached hydrogens (tertiary/aromatic N) is 3. The number of nitrogens with one attached hydrogen (secondary N) is 1. The van der Waals surface area contributed by atoms with Gasteiger partial charge < -0.3 is 15.1 Å². The summed E-state index contributed by atoms with van der Waals surface area (Å²) in [6, 6.07) is 6.28. The molecule has 3 rings (SSSR count). The van der Waals surface area contributed by atoms with E-state index in [-0.39, 0.29) is 17.7 Å². The number of hydrogen-bond donors (Lipinski definition) is 1. The molecule has 156 valence electrons. The summed E-state index contributed by atoms with van der Waals surface area (Å²) in [5, 5.41) is 6.33. The summed E-state index contributed by atoms with van der Waals surface area (Å²) in [5.41, 5.74) is 1.40. The zero-order valence-corrected chi connectivity index (χ0v) is 18.6. The molecule has 2 amide bonds. The quantitative estimate of drug-likeness (QED) is 0.780. The minimum Gasteiger partial charge on any atom is -0.346 e. The number of thiazole rings is 1. The molecule has 8 heteroatoms. The molecular weight excluding hydrogens is 408 g/mol. The molecule has 29 heavy (non-hydrogen) atoms. The van der Waals surface area contributed by atoms with Gasteiger partial charge >= 0.3 is 0 Å². The first-order valence-corrected chi connectivity index (χ1v) is 11.1. The van der Waals surface area contributed by atoms with E-state index in [1.54, 1.807) is 35.6 Å². The first kappa shape index (κ1) is 21.6. The maximum absolute atomic E-state index is 13.2. The summed E-state index contributed by atoms with van der Waals surface area (Å²) in [7, 11) is 0. The molecule has 1 aliphatic heterocycles. The first-order chi connectivity index (χ1) is 13.9. The lowest BCUT2D eigenvalue weighted by Gasteiger charge is -2.29. The van der Waals surface area contributed by atoms with Gasteiger partial charge in [-0.15, -0.1) is 11.3 Å². The predicted molar refractivity (Wildman–Crippen MR) is 118 cm³/mol. The van der Waals surface area contributed by atoms with E-state index in [9.17, 15) is 9.59 Å². The maximum atomic E-state index is 13.2. The Labute approximate surface area is 180 Å². The van der Waals surface area contributed by atoms with Crippen molar-refractivity contribution in [3.05, 3.63) is 45.9 Å². The highest BCUT2D eigenvalue weighted by Crippen LogP contribution is 2.22. The fourth-order valence-electron chi connectivity index (χ4n) is 3.39. The summed E-state index contributed by atoms with van der Waals surface area (Å²) >= 11 is 7.78. The number of amides is 2. The number of anilines is 1. The van der Waals surface area contributed by atoms with Gasteiger partial charge in [0.05, 0.1) is 16.3 Å². The molecule has 1 aliphatic rings. The molecule has 1 atom stereocenters. The Bertz CT molecular complexity index is 870. The Morgan fingerprint density at radius 2 is 1.93 bits per heavy atom. The smallest absolute Gasteiger partial charge is 0.253 e. The lowest BCUT2D eigenvalue weighted by molar-refractivity contribution is -0.134. The molecule has 1 saturated heterocycles. The first-order valence-electron chi connectivity index (χ1n) is 9.88. The highest BCUT2D eigenvalue weighted by atomic mass is 35.5. The van der Waals surface area contributed by atoms with Crippen molar-refractivity contribution in [2.24, 2.45) is 5.92 Å². The van der Waals surface area contributed by atoms with Gasteiger partial charge in [0.15, 0.2) is 5.13 Å². The standard InChI is InChI=1S/C21H27ClN4O2S/c1-14(2)18(24-19(27)16-7-4-5-8-17(16)22)20(28)25-9-6-10-26(12-11-25)21-23-15(3)13-29-21/h4-5,7-8,13-14,18H,6,9-12H2,1-3H3,(H,24,27). The van der Waals surface area contributed by atoms with E-state index in [1.807, 2.05) is 31.1 Å². The van der Waals surface area contributed by atoms with Crippen LogP contribution in [0, 0.1) is 12.8 Å². The SMILES string of the molecule is Cc1csc(N2CCCN(C(=O)C(NC(=O)c3ccccc3Cl)C(C)C)CC2)n1. The second-order valence-corrected chi connectivity index (χ2v) is 8.86. The molecule has 6 nitrogen and oxygen atoms in total. The van der Waals surface area contributed by atoms with Crippen molar-refractivity contribution >= 4 is 39.9 Å². The Balaban J connectivity index is 1.67. The average molecular weight is 435 g/mol. The number of aromatic nitrogens is 1. The van der Waals surface area contributed by atoms with Crippen LogP contribution >= 0.6 is 22.9 Å². The van der Waals surface area contributed by atoms with Crippen LogP contribution in [-0.2, 0) is 4.79 Å². The van der Waals surface area contributed by atoms with Gasteiger partial charge in [0.2, 0.25) is 5.91 Å². The van der Waals surface area contributed by atoms with Crippen LogP contribution in [0.4, 0.5) is 5.13 Å². The van der Waals surface area contributed by atoms with E-state index in [0.717, 1.165) is 30.3 Å². The number of benzene rings is 1. The van der Waals surface area contributed by atoms with E-state index in [1.165, 1.54) is 0 Å². The minimum absolute atomic E-state index is 0.0325. The van der Waals surface area contributed by atoms with E-state index < -0.39 is 6.04 Å². The van der Waals surface area contributed by atoms with Gasteiger partial charge in [-0.2, -0.15) is 0 Å². The fourth-order valence-corrected chi connectivity index (χ4v) is 4.47. The third-order valence-electron chi connectivity index (χ3n) is 5.02. The van der Waals surface area contributed by atoms with E-state index in [0.29, 0.717) is 23.7 Å². The molecule has 2 aromatic rings. The molecule has 1 fully saturated rings. The van der Waals surface area contributed by atoms with Gasteiger partial charge in [-0.05, 0) is 31.4 Å². The van der Waals surface area contributed by atoms with E-state index in [2.05, 4.69) is 15.2 Å². The zero-order valence-electron chi connectivity index (χ0n) is 17.0. The number of aryl methyl sites for hydroxylation is 1. The van der Waals surface area contributed by atoms with Crippen LogP contribution in [0.25, 0.3) is 0 Å². The predicted octanol–water partition coefficient (Wildman–Crippen LogP) is 3.60. The van der Waals surface area contributed by atoms with Crippen molar-refractivity contribution in [3.8, 4) is 0 Å². The van der Waals surface area contributed by atoms with Crippen molar-refractivity contribution in [2.45, 2.75) is 33.2 Å². The zero-order chi connectivity index (χ0) is 21.0. The van der Waals surface area contributed by atoms with Gasteiger partial charge in [0, 0.05) is 31.6 Å². The average Bonchev–Trinajstić information content (AvgIpc) is 2.97. The normalized spacial score (nSPS) is 15.9. The summed E-state index contributed by atoms with van der Waals surface area (Å²) in [5.74, 6) is -0.398. The largest absolute Gasteiger partial charge is 0.346 e. The van der Waals surface area contributed by atoms with E-state index >= 15 is 0 Å². The van der Waals surface area contributed by atoms with Crippen LogP contribution in [0.3, 0.4) is 0 Å². The monoisotopic (exact) mass is 434 g/mol. The molecule has 0 saturated carbocycles. The summed E-state index contributed by atoms with van der Waals surface area (Å²) in [4.78, 5) is 34.6. The summed E-state index contributed by atoms with van der Waals surface area (Å²) < 4.78 is 0. The molecule has 1 aromatic heterocycles. The van der Waals surface area contributed by atoms with Crippen LogP contribution in [-0.4, -0.2) is 53.9 Å². The lowest BCUT2D eigenvalue weighted by Crippen LogP contribution is -2.52. The lowest BCUT2D eigenvalue weighted by atomic mass is 10.0. The van der Waals surface area contributed by atoms with Gasteiger partial charge in [-0.25, -0.2) is 4.98 Å². The molecule has 1 unspecified atom stereocenters. The second kappa shape index (κ2) is 9.59. The fraction of sp³-hybridized carbons (Fsp3) is 0.476. The van der Waals surface area contributed by atoms with Gasteiger partial charge in [-0.3, -0.25) is 9.59 Å². The topological polar surface area (TPSA) is 65.5 Å². The molecule has 0 radical (unpaired) electrons. The maximum Gasteiger partial charge on any atom is 0.253 e. The van der Waals surface area contributed by atoms with Crippen molar-refractivity contribution in [1.29, 1.82) is 0 Å². The number of hydrogen-bond acceptors (Lipinski definition) is 5. The molecule has 2 heterocycles. The Morgan fingerprint density at radius 1 is 1.17 bits per heavy atom. The van der Waals surface area contributed by atoms with Crippen LogP contribution in [0.2, 0.25) is 5.02 Å². The third kappa shape index (κ3) is 5.28. The number of carbonyl (C=O) groups is 2. The van der Waals surface area contributed by atoms with E-state index in [4.69, 9.17) is 11.6 Å². The molecule has 1 aromatic carbocycles. The number of halogens is 1. The van der Waals surface area contributed by atoms with Crippen LogP contribution in [0.1, 0.15) is 36.3 Å². The van der Waals surface area contributed by atoms with Crippen molar-refractivity contribution < 1.29 is 9.59 Å². The van der Waals surface area contributed by atoms with Crippen molar-refractivity contribution in [1.82, 2.24) is 15.2 Å². The van der Waals surface area contributed by atoms with Crippen LogP contribution < -0.4 is 10.2 Å². The van der Waals surface area contributed by atoms with Gasteiger partial charge in [0.25, 0.3) is 5.91 Å². The number of carbonyl (C=O) groups excluding carboxylic acids is 2.